The second kappa shape index (κ2) is 7.19. The van der Waals surface area contributed by atoms with Gasteiger partial charge in [0.1, 0.15) is 17.5 Å². The molecular weight excluding hydrogens is 300 g/mol. The van der Waals surface area contributed by atoms with E-state index < -0.39 is 29.4 Å². The van der Waals surface area contributed by atoms with Crippen LogP contribution in [0.3, 0.4) is 0 Å². The van der Waals surface area contributed by atoms with Gasteiger partial charge in [-0.15, -0.1) is 0 Å². The largest absolute Gasteiger partial charge is 0.444 e. The molecule has 7 heteroatoms. The van der Waals surface area contributed by atoms with E-state index in [1.54, 1.807) is 41.5 Å². The van der Waals surface area contributed by atoms with Gasteiger partial charge < -0.3 is 19.6 Å². The molecule has 1 rings (SSSR count). The fourth-order valence-electron chi connectivity index (χ4n) is 2.31. The highest BCUT2D eigenvalue weighted by molar-refractivity contribution is 5.74. The maximum atomic E-state index is 12.1. The topological polar surface area (TPSA) is 84.9 Å². The van der Waals surface area contributed by atoms with E-state index >= 15 is 0 Å². The number of nitrogens with zero attached hydrogens (tertiary/aromatic N) is 1. The second-order valence-corrected chi connectivity index (χ2v) is 7.82. The van der Waals surface area contributed by atoms with Crippen molar-refractivity contribution in [2.75, 3.05) is 13.1 Å². The molecule has 0 radical (unpaired) electrons. The van der Waals surface area contributed by atoms with E-state index in [4.69, 9.17) is 9.47 Å². The Hall–Kier alpha value is -1.79. The van der Waals surface area contributed by atoms with Crippen molar-refractivity contribution in [1.29, 1.82) is 0 Å². The quantitative estimate of drug-likeness (QED) is 0.804. The summed E-state index contributed by atoms with van der Waals surface area (Å²) in [5, 5.41) is 2.68. The molecule has 1 fully saturated rings. The van der Waals surface area contributed by atoms with E-state index in [1.807, 2.05) is 0 Å². The molecule has 0 aromatic carbocycles. The van der Waals surface area contributed by atoms with Crippen molar-refractivity contribution in [1.82, 2.24) is 10.2 Å². The molecule has 1 saturated heterocycles. The molecule has 2 amide bonds. The number of hydrogen-bond acceptors (Lipinski definition) is 5. The van der Waals surface area contributed by atoms with Crippen molar-refractivity contribution < 1.29 is 23.9 Å². The van der Waals surface area contributed by atoms with Gasteiger partial charge in [0.05, 0.1) is 6.04 Å². The fourth-order valence-corrected chi connectivity index (χ4v) is 2.31. The number of carbonyl (C=O) groups excluding carboxylic acids is 3. The highest BCUT2D eigenvalue weighted by Gasteiger charge is 2.37. The summed E-state index contributed by atoms with van der Waals surface area (Å²) in [5.74, 6) is -0.00904. The summed E-state index contributed by atoms with van der Waals surface area (Å²) < 4.78 is 10.5. The molecular formula is C16H28N2O5. The van der Waals surface area contributed by atoms with Crippen molar-refractivity contribution >= 4 is 18.5 Å². The zero-order valence-corrected chi connectivity index (χ0v) is 14.8. The molecule has 0 saturated carbocycles. The minimum atomic E-state index is -0.614. The van der Waals surface area contributed by atoms with Gasteiger partial charge in [0.25, 0.3) is 0 Å². The Morgan fingerprint density at radius 3 is 2.17 bits per heavy atom. The van der Waals surface area contributed by atoms with Crippen LogP contribution in [0.15, 0.2) is 0 Å². The third-order valence-electron chi connectivity index (χ3n) is 3.15. The zero-order chi connectivity index (χ0) is 17.8. The number of rotatable bonds is 3. The number of likely N-dealkylation sites (tertiary alicyclic amines) is 1. The lowest BCUT2D eigenvalue weighted by molar-refractivity contribution is -0.111. The lowest BCUT2D eigenvalue weighted by Gasteiger charge is -2.26. The first-order chi connectivity index (χ1) is 10.4. The van der Waals surface area contributed by atoms with Crippen molar-refractivity contribution in [3.05, 3.63) is 0 Å². The first-order valence-corrected chi connectivity index (χ1v) is 7.83. The number of alkyl carbamates (subject to hydrolysis) is 1. The van der Waals surface area contributed by atoms with Gasteiger partial charge in [0.2, 0.25) is 0 Å². The summed E-state index contributed by atoms with van der Waals surface area (Å²) in [7, 11) is 0. The van der Waals surface area contributed by atoms with Crippen LogP contribution in [0.25, 0.3) is 0 Å². The predicted octanol–water partition coefficient (Wildman–Crippen LogP) is 2.34. The van der Waals surface area contributed by atoms with Gasteiger partial charge in [0.15, 0.2) is 0 Å². The molecule has 132 valence electrons. The molecule has 1 aliphatic rings. The first kappa shape index (κ1) is 19.3. The minimum Gasteiger partial charge on any atom is -0.444 e. The maximum Gasteiger partial charge on any atom is 0.410 e. The lowest BCUT2D eigenvalue weighted by Crippen LogP contribution is -2.41. The van der Waals surface area contributed by atoms with E-state index in [2.05, 4.69) is 5.32 Å². The molecule has 1 N–H and O–H groups in total. The number of aldehydes is 1. The van der Waals surface area contributed by atoms with Crippen molar-refractivity contribution in [2.45, 2.75) is 65.2 Å². The van der Waals surface area contributed by atoms with Crippen LogP contribution in [-0.4, -0.2) is 53.7 Å². The molecule has 0 bridgehead atoms. The predicted molar refractivity (Wildman–Crippen MR) is 85.1 cm³/mol. The monoisotopic (exact) mass is 328 g/mol. The van der Waals surface area contributed by atoms with E-state index in [9.17, 15) is 14.4 Å². The normalized spacial score (nSPS) is 21.7. The maximum absolute atomic E-state index is 12.1. The molecule has 23 heavy (non-hydrogen) atoms. The Balaban J connectivity index is 2.54. The minimum absolute atomic E-state index is 0.00904. The van der Waals surface area contributed by atoms with Crippen LogP contribution in [0, 0.1) is 5.92 Å². The van der Waals surface area contributed by atoms with Crippen LogP contribution in [-0.2, 0) is 14.3 Å². The zero-order valence-electron chi connectivity index (χ0n) is 14.8. The summed E-state index contributed by atoms with van der Waals surface area (Å²) in [6.45, 7) is 11.4. The summed E-state index contributed by atoms with van der Waals surface area (Å²) >= 11 is 0. The van der Waals surface area contributed by atoms with E-state index in [-0.39, 0.29) is 5.92 Å². The van der Waals surface area contributed by atoms with Gasteiger partial charge in [-0.1, -0.05) is 0 Å². The van der Waals surface area contributed by atoms with Crippen LogP contribution in [0.4, 0.5) is 9.59 Å². The Labute approximate surface area is 137 Å². The van der Waals surface area contributed by atoms with Crippen molar-refractivity contribution in [2.24, 2.45) is 5.92 Å². The Bertz CT molecular complexity index is 450. The molecule has 0 aromatic heterocycles. The molecule has 2 atom stereocenters. The average molecular weight is 328 g/mol. The molecule has 1 aliphatic heterocycles. The standard InChI is InChI=1S/C16H28N2O5/c1-15(2,3)22-13(20)17-8-11-7-12(10-19)18(9-11)14(21)23-16(4,5)6/h10-12H,7-9H2,1-6H3,(H,17,20)/t11-,12+/m1/s1. The summed E-state index contributed by atoms with van der Waals surface area (Å²) in [4.78, 5) is 36.4. The lowest BCUT2D eigenvalue weighted by atomic mass is 10.1. The fraction of sp³-hybridized carbons (Fsp3) is 0.812. The molecule has 0 aliphatic carbocycles. The Morgan fingerprint density at radius 2 is 1.70 bits per heavy atom. The summed E-state index contributed by atoms with van der Waals surface area (Å²) in [6, 6.07) is -0.518. The summed E-state index contributed by atoms with van der Waals surface area (Å²) in [6.07, 6.45) is 0.237. The molecule has 1 heterocycles. The van der Waals surface area contributed by atoms with E-state index in [1.165, 1.54) is 4.90 Å². The van der Waals surface area contributed by atoms with Crippen LogP contribution >= 0.6 is 0 Å². The number of hydrogen-bond donors (Lipinski definition) is 1. The van der Waals surface area contributed by atoms with Crippen LogP contribution in [0.2, 0.25) is 0 Å². The average Bonchev–Trinajstić information content (AvgIpc) is 2.75. The van der Waals surface area contributed by atoms with Gasteiger partial charge in [-0.3, -0.25) is 4.90 Å². The van der Waals surface area contributed by atoms with Crippen molar-refractivity contribution in [3.8, 4) is 0 Å². The van der Waals surface area contributed by atoms with Crippen LogP contribution in [0.5, 0.6) is 0 Å². The number of amides is 2. The number of carbonyl (C=O) groups is 3. The molecule has 0 spiro atoms. The van der Waals surface area contributed by atoms with Gasteiger partial charge >= 0.3 is 12.2 Å². The second-order valence-electron chi connectivity index (χ2n) is 7.82. The van der Waals surface area contributed by atoms with Gasteiger partial charge in [-0.25, -0.2) is 9.59 Å². The van der Waals surface area contributed by atoms with Crippen LogP contribution in [0.1, 0.15) is 48.0 Å². The molecule has 0 unspecified atom stereocenters. The Morgan fingerprint density at radius 1 is 1.13 bits per heavy atom. The van der Waals surface area contributed by atoms with E-state index in [0.717, 1.165) is 6.29 Å². The first-order valence-electron chi connectivity index (χ1n) is 7.83. The smallest absolute Gasteiger partial charge is 0.410 e. The third-order valence-corrected chi connectivity index (χ3v) is 3.15. The van der Waals surface area contributed by atoms with Crippen molar-refractivity contribution in [3.63, 3.8) is 0 Å². The van der Waals surface area contributed by atoms with Crippen LogP contribution < -0.4 is 5.32 Å². The highest BCUT2D eigenvalue weighted by Crippen LogP contribution is 2.24. The molecule has 7 nitrogen and oxygen atoms in total. The number of ether oxygens (including phenoxy) is 2. The van der Waals surface area contributed by atoms with Gasteiger partial charge in [-0.2, -0.15) is 0 Å². The Kier molecular flexibility index (Phi) is 6.02. The highest BCUT2D eigenvalue weighted by atomic mass is 16.6. The molecule has 0 aromatic rings. The van der Waals surface area contributed by atoms with E-state index in [0.29, 0.717) is 19.5 Å². The van der Waals surface area contributed by atoms with Gasteiger partial charge in [0, 0.05) is 13.1 Å². The number of nitrogens with one attached hydrogen (secondary N) is 1. The SMILES string of the molecule is CC(C)(C)OC(=O)NC[C@H]1C[C@@H](C=O)N(C(=O)OC(C)(C)C)C1. The summed E-state index contributed by atoms with van der Waals surface area (Å²) in [5.41, 5.74) is -1.18. The van der Waals surface area contributed by atoms with Gasteiger partial charge in [-0.05, 0) is 53.9 Å². The third kappa shape index (κ3) is 6.88.